The van der Waals surface area contributed by atoms with E-state index in [1.165, 1.54) is 13.2 Å². The van der Waals surface area contributed by atoms with Crippen molar-refractivity contribution in [2.45, 2.75) is 13.2 Å². The topological polar surface area (TPSA) is 76.0 Å². The maximum atomic E-state index is 10.4. The molecule has 0 saturated carbocycles. The van der Waals surface area contributed by atoms with Crippen molar-refractivity contribution in [2.24, 2.45) is 0 Å². The van der Waals surface area contributed by atoms with Crippen LogP contribution < -0.4 is 29.6 Å². The summed E-state index contributed by atoms with van der Waals surface area (Å²) < 4.78 is 19.6. The van der Waals surface area contributed by atoms with Gasteiger partial charge in [0.2, 0.25) is 6.29 Å². The number of hydrogen-bond acceptors (Lipinski definition) is 3. The standard InChI is InChI=1S/C10H13O5P.Na.H/c1-9(15-16(11,12)13)14-8-7-10-5-3-2-4-6-10;;/h2-9H,1H3,(H2,11,12,13);;/q;+1;-1/b8-7+;;. The number of ether oxygens (including phenoxy) is 1. The summed E-state index contributed by atoms with van der Waals surface area (Å²) in [5.41, 5.74) is 0.922. The zero-order chi connectivity index (χ0) is 12.0. The molecular formula is C10H14NaO5P. The Bertz CT molecular complexity index is 395. The predicted octanol–water partition coefficient (Wildman–Crippen LogP) is -0.754. The molecule has 0 aliphatic heterocycles. The molecule has 0 bridgehead atoms. The van der Waals surface area contributed by atoms with Gasteiger partial charge in [0.25, 0.3) is 0 Å². The summed E-state index contributed by atoms with van der Waals surface area (Å²) in [6.07, 6.45) is 2.00. The van der Waals surface area contributed by atoms with Gasteiger partial charge < -0.3 is 16.0 Å². The van der Waals surface area contributed by atoms with Crippen LogP contribution in [0.15, 0.2) is 36.6 Å². The van der Waals surface area contributed by atoms with Gasteiger partial charge in [-0.3, -0.25) is 0 Å². The van der Waals surface area contributed by atoms with Gasteiger partial charge in [-0.2, -0.15) is 0 Å². The van der Waals surface area contributed by atoms with Crippen LogP contribution in [0.25, 0.3) is 6.08 Å². The summed E-state index contributed by atoms with van der Waals surface area (Å²) in [6, 6.07) is 9.37. The van der Waals surface area contributed by atoms with Crippen molar-refractivity contribution in [1.29, 1.82) is 0 Å². The van der Waals surface area contributed by atoms with Crippen LogP contribution in [-0.4, -0.2) is 16.1 Å². The number of phosphoric ester groups is 1. The van der Waals surface area contributed by atoms with Crippen molar-refractivity contribution in [3.63, 3.8) is 0 Å². The molecule has 0 amide bonds. The maximum Gasteiger partial charge on any atom is 1.00 e. The normalized spacial score (nSPS) is 13.1. The Kier molecular flexibility index (Phi) is 8.00. The molecule has 1 atom stereocenters. The van der Waals surface area contributed by atoms with Gasteiger partial charge in [0, 0.05) is 0 Å². The van der Waals surface area contributed by atoms with E-state index in [1.54, 1.807) is 6.08 Å². The zero-order valence-electron chi connectivity index (χ0n) is 10.7. The molecule has 5 nitrogen and oxygen atoms in total. The van der Waals surface area contributed by atoms with Crippen LogP contribution in [0, 0.1) is 0 Å². The molecule has 0 aromatic heterocycles. The average molecular weight is 268 g/mol. The van der Waals surface area contributed by atoms with E-state index in [1.807, 2.05) is 30.3 Å². The fourth-order valence-electron chi connectivity index (χ4n) is 1.01. The van der Waals surface area contributed by atoms with E-state index < -0.39 is 14.1 Å². The first-order valence-corrected chi connectivity index (χ1v) is 6.11. The van der Waals surface area contributed by atoms with Gasteiger partial charge in [-0.05, 0) is 18.6 Å². The second kappa shape index (κ2) is 8.06. The van der Waals surface area contributed by atoms with Crippen LogP contribution in [0.3, 0.4) is 0 Å². The van der Waals surface area contributed by atoms with Crippen molar-refractivity contribution in [3.8, 4) is 0 Å². The molecule has 1 unspecified atom stereocenters. The van der Waals surface area contributed by atoms with E-state index in [2.05, 4.69) is 4.52 Å². The molecule has 90 valence electrons. The SMILES string of the molecule is CC(O/C=C/c1ccccc1)OP(=O)(O)O.[H-].[Na+]. The van der Waals surface area contributed by atoms with Gasteiger partial charge in [0.1, 0.15) is 0 Å². The fraction of sp³-hybridized carbons (Fsp3) is 0.200. The number of benzene rings is 1. The molecule has 17 heavy (non-hydrogen) atoms. The number of hydrogen-bond donors (Lipinski definition) is 2. The van der Waals surface area contributed by atoms with Crippen molar-refractivity contribution >= 4 is 13.9 Å². The molecule has 0 spiro atoms. The molecule has 1 aromatic carbocycles. The first kappa shape index (κ1) is 16.9. The van der Waals surface area contributed by atoms with Crippen LogP contribution >= 0.6 is 7.82 Å². The molecule has 0 aliphatic carbocycles. The molecule has 0 heterocycles. The minimum atomic E-state index is -4.49. The van der Waals surface area contributed by atoms with Crippen molar-refractivity contribution in [1.82, 2.24) is 0 Å². The Morgan fingerprint density at radius 1 is 1.35 bits per heavy atom. The second-order valence-corrected chi connectivity index (χ2v) is 4.21. The summed E-state index contributed by atoms with van der Waals surface area (Å²) in [4.78, 5) is 17.0. The zero-order valence-corrected chi connectivity index (χ0v) is 12.6. The van der Waals surface area contributed by atoms with Crippen molar-refractivity contribution in [3.05, 3.63) is 42.2 Å². The second-order valence-electron chi connectivity index (χ2n) is 3.01. The third-order valence-corrected chi connectivity index (χ3v) is 2.19. The summed E-state index contributed by atoms with van der Waals surface area (Å²) in [5, 5.41) is 0. The van der Waals surface area contributed by atoms with Crippen LogP contribution in [-0.2, 0) is 13.8 Å². The first-order chi connectivity index (χ1) is 7.47. The first-order valence-electron chi connectivity index (χ1n) is 4.58. The van der Waals surface area contributed by atoms with Gasteiger partial charge in [-0.25, -0.2) is 9.09 Å². The molecule has 0 aliphatic rings. The minimum Gasteiger partial charge on any atom is -1.00 e. The Labute approximate surface area is 123 Å². The molecule has 0 saturated heterocycles. The Balaban J connectivity index is 0. The van der Waals surface area contributed by atoms with E-state index in [9.17, 15) is 4.57 Å². The Morgan fingerprint density at radius 2 is 1.94 bits per heavy atom. The Hall–Kier alpha value is -0.130. The molecule has 0 radical (unpaired) electrons. The van der Waals surface area contributed by atoms with Gasteiger partial charge in [0.15, 0.2) is 0 Å². The van der Waals surface area contributed by atoms with E-state index >= 15 is 0 Å². The van der Waals surface area contributed by atoms with E-state index in [0.29, 0.717) is 0 Å². The summed E-state index contributed by atoms with van der Waals surface area (Å²) >= 11 is 0. The Morgan fingerprint density at radius 3 is 2.47 bits per heavy atom. The number of rotatable bonds is 5. The van der Waals surface area contributed by atoms with E-state index in [0.717, 1.165) is 5.56 Å². The third-order valence-electron chi connectivity index (χ3n) is 1.62. The summed E-state index contributed by atoms with van der Waals surface area (Å²) in [6.45, 7) is 1.40. The maximum absolute atomic E-state index is 10.4. The summed E-state index contributed by atoms with van der Waals surface area (Å²) in [7, 11) is -4.49. The van der Waals surface area contributed by atoms with Gasteiger partial charge in [-0.15, -0.1) is 0 Å². The van der Waals surface area contributed by atoms with E-state index in [4.69, 9.17) is 14.5 Å². The van der Waals surface area contributed by atoms with Crippen LogP contribution in [0.1, 0.15) is 13.9 Å². The third kappa shape index (κ3) is 8.57. The quantitative estimate of drug-likeness (QED) is 0.318. The largest absolute Gasteiger partial charge is 1.00 e. The molecule has 1 aromatic rings. The number of phosphoric acid groups is 1. The van der Waals surface area contributed by atoms with Crippen molar-refractivity contribution < 1.29 is 54.6 Å². The molecular weight excluding hydrogens is 254 g/mol. The molecule has 1 rings (SSSR count). The monoisotopic (exact) mass is 268 g/mol. The van der Waals surface area contributed by atoms with Crippen molar-refractivity contribution in [2.75, 3.05) is 0 Å². The van der Waals surface area contributed by atoms with Crippen LogP contribution in [0.2, 0.25) is 0 Å². The molecule has 2 N–H and O–H groups in total. The van der Waals surface area contributed by atoms with Gasteiger partial charge in [0.05, 0.1) is 6.26 Å². The summed E-state index contributed by atoms with van der Waals surface area (Å²) in [5.74, 6) is 0. The average Bonchev–Trinajstić information content (AvgIpc) is 2.16. The smallest absolute Gasteiger partial charge is 1.00 e. The molecule has 0 fully saturated rings. The van der Waals surface area contributed by atoms with Crippen LogP contribution in [0.5, 0.6) is 0 Å². The predicted molar refractivity (Wildman–Crippen MR) is 60.3 cm³/mol. The van der Waals surface area contributed by atoms with E-state index in [-0.39, 0.29) is 31.0 Å². The minimum absolute atomic E-state index is 0. The molecule has 7 heteroatoms. The fourth-order valence-corrected chi connectivity index (χ4v) is 1.45. The van der Waals surface area contributed by atoms with Gasteiger partial charge >= 0.3 is 37.4 Å². The van der Waals surface area contributed by atoms with Gasteiger partial charge in [-0.1, -0.05) is 30.3 Å². The van der Waals surface area contributed by atoms with Crippen LogP contribution in [0.4, 0.5) is 0 Å².